The van der Waals surface area contributed by atoms with Gasteiger partial charge in [0.15, 0.2) is 0 Å². The summed E-state index contributed by atoms with van der Waals surface area (Å²) in [5.74, 6) is -1.43. The third-order valence-electron chi connectivity index (χ3n) is 3.74. The number of alkyl halides is 1. The summed E-state index contributed by atoms with van der Waals surface area (Å²) in [6.45, 7) is 5.40. The van der Waals surface area contributed by atoms with Crippen molar-refractivity contribution in [3.8, 4) is 0 Å². The highest BCUT2D eigenvalue weighted by Crippen LogP contribution is 2.52. The Kier molecular flexibility index (Phi) is 3.03. The van der Waals surface area contributed by atoms with Crippen LogP contribution in [0.15, 0.2) is 0 Å². The Hall–Kier alpha value is -1.33. The van der Waals surface area contributed by atoms with Crippen LogP contribution in [0, 0.1) is 0 Å². The highest BCUT2D eigenvalue weighted by Gasteiger charge is 2.61. The van der Waals surface area contributed by atoms with E-state index >= 15 is 0 Å². The van der Waals surface area contributed by atoms with Crippen molar-refractivity contribution >= 4 is 12.1 Å². The highest BCUT2D eigenvalue weighted by molar-refractivity contribution is 5.79. The van der Waals surface area contributed by atoms with Crippen LogP contribution in [0.5, 0.6) is 0 Å². The number of carboxylic acids is 1. The fourth-order valence-electron chi connectivity index (χ4n) is 2.61. The van der Waals surface area contributed by atoms with Crippen molar-refractivity contribution in [1.82, 2.24) is 4.90 Å². The first-order chi connectivity index (χ1) is 8.58. The van der Waals surface area contributed by atoms with Crippen LogP contribution in [-0.2, 0) is 9.53 Å². The lowest BCUT2D eigenvalue weighted by atomic mass is 9.86. The minimum atomic E-state index is -2.21. The van der Waals surface area contributed by atoms with Gasteiger partial charge < -0.3 is 14.7 Å². The number of carbonyl (C=O) groups excluding carboxylic acids is 1. The molecule has 1 heterocycles. The Labute approximate surface area is 111 Å². The molecule has 0 aromatic rings. The van der Waals surface area contributed by atoms with E-state index in [4.69, 9.17) is 9.84 Å². The van der Waals surface area contributed by atoms with E-state index < -0.39 is 28.9 Å². The van der Waals surface area contributed by atoms with Gasteiger partial charge in [-0.1, -0.05) is 0 Å². The highest BCUT2D eigenvalue weighted by atomic mass is 19.1. The third-order valence-corrected chi connectivity index (χ3v) is 3.74. The molecular formula is C13H20FNO4. The van der Waals surface area contributed by atoms with E-state index in [1.165, 1.54) is 4.90 Å². The first-order valence-corrected chi connectivity index (χ1v) is 6.51. The van der Waals surface area contributed by atoms with Crippen LogP contribution in [0.4, 0.5) is 9.18 Å². The molecule has 1 atom stereocenters. The number of likely N-dealkylation sites (tertiary alicyclic amines) is 1. The summed E-state index contributed by atoms with van der Waals surface area (Å²) in [5.41, 5.74) is -3.47. The number of hydrogen-bond acceptors (Lipinski definition) is 3. The average molecular weight is 273 g/mol. The van der Waals surface area contributed by atoms with Crippen LogP contribution in [0.25, 0.3) is 0 Å². The van der Waals surface area contributed by atoms with Gasteiger partial charge in [0.2, 0.25) is 5.67 Å². The van der Waals surface area contributed by atoms with Crippen LogP contribution in [0.2, 0.25) is 0 Å². The van der Waals surface area contributed by atoms with Crippen molar-refractivity contribution in [2.24, 2.45) is 0 Å². The number of carboxylic acid groups (broad SMARTS) is 1. The zero-order valence-corrected chi connectivity index (χ0v) is 11.5. The summed E-state index contributed by atoms with van der Waals surface area (Å²) in [5, 5.41) is 8.96. The minimum Gasteiger partial charge on any atom is -0.479 e. The van der Waals surface area contributed by atoms with Crippen LogP contribution < -0.4 is 0 Å². The fraction of sp³-hybridized carbons (Fsp3) is 0.846. The van der Waals surface area contributed by atoms with Crippen molar-refractivity contribution in [3.05, 3.63) is 0 Å². The van der Waals surface area contributed by atoms with Crippen LogP contribution >= 0.6 is 0 Å². The number of piperidine rings is 1. The SMILES string of the molecule is CC(C)(C)OC(=O)N1CCC(F)(C(=O)O)CC12CC2. The number of nitrogens with zero attached hydrogens (tertiary/aromatic N) is 1. The standard InChI is InChI=1S/C13H20FNO4/c1-11(2,3)19-10(18)15-7-6-13(14,9(16)17)8-12(15)4-5-12/h4-8H2,1-3H3,(H,16,17). The van der Waals surface area contributed by atoms with Crippen LogP contribution in [0.1, 0.15) is 46.5 Å². The normalized spacial score (nSPS) is 29.2. The smallest absolute Gasteiger partial charge is 0.410 e. The molecule has 5 nitrogen and oxygen atoms in total. The maximum absolute atomic E-state index is 14.2. The molecule has 1 saturated carbocycles. The topological polar surface area (TPSA) is 66.8 Å². The number of aliphatic carboxylic acids is 1. The maximum atomic E-state index is 14.2. The number of amides is 1. The van der Waals surface area contributed by atoms with Gasteiger partial charge in [-0.15, -0.1) is 0 Å². The molecule has 2 fully saturated rings. The zero-order chi connectivity index (χ0) is 14.5. The van der Waals surface area contributed by atoms with Gasteiger partial charge in [-0.25, -0.2) is 14.0 Å². The molecule has 1 aliphatic carbocycles. The van der Waals surface area contributed by atoms with Gasteiger partial charge in [0.1, 0.15) is 5.60 Å². The molecule has 0 aromatic heterocycles. The molecule has 6 heteroatoms. The largest absolute Gasteiger partial charge is 0.479 e. The molecule has 2 aliphatic rings. The number of hydrogen-bond donors (Lipinski definition) is 1. The summed E-state index contributed by atoms with van der Waals surface area (Å²) in [4.78, 5) is 24.6. The lowest BCUT2D eigenvalue weighted by Gasteiger charge is -2.41. The average Bonchev–Trinajstić information content (AvgIpc) is 2.94. The molecule has 1 amide bonds. The van der Waals surface area contributed by atoms with Gasteiger partial charge in [0, 0.05) is 19.4 Å². The first-order valence-electron chi connectivity index (χ1n) is 6.51. The van der Waals surface area contributed by atoms with Gasteiger partial charge in [0.25, 0.3) is 0 Å². The lowest BCUT2D eigenvalue weighted by Crippen LogP contribution is -2.56. The molecule has 0 radical (unpaired) electrons. The van der Waals surface area contributed by atoms with E-state index in [-0.39, 0.29) is 19.4 Å². The summed E-state index contributed by atoms with van der Waals surface area (Å²) >= 11 is 0. The van der Waals surface area contributed by atoms with Crippen molar-refractivity contribution < 1.29 is 23.8 Å². The van der Waals surface area contributed by atoms with Crippen LogP contribution in [0.3, 0.4) is 0 Å². The van der Waals surface area contributed by atoms with Crippen molar-refractivity contribution in [1.29, 1.82) is 0 Å². The van der Waals surface area contributed by atoms with Gasteiger partial charge in [-0.2, -0.15) is 0 Å². The molecule has 1 saturated heterocycles. The third kappa shape index (κ3) is 2.67. The molecule has 0 bridgehead atoms. The van der Waals surface area contributed by atoms with Crippen LogP contribution in [-0.4, -0.2) is 45.4 Å². The molecular weight excluding hydrogens is 253 g/mol. The minimum absolute atomic E-state index is 0.0950. The van der Waals surface area contributed by atoms with E-state index in [0.717, 1.165) is 0 Å². The second-order valence-corrected chi connectivity index (χ2v) is 6.55. The van der Waals surface area contributed by atoms with E-state index in [0.29, 0.717) is 12.8 Å². The molecule has 1 unspecified atom stereocenters. The maximum Gasteiger partial charge on any atom is 0.410 e. The van der Waals surface area contributed by atoms with Gasteiger partial charge in [-0.3, -0.25) is 0 Å². The predicted octanol–water partition coefficient (Wildman–Crippen LogP) is 2.34. The molecule has 2 rings (SSSR count). The van der Waals surface area contributed by atoms with Crippen molar-refractivity contribution in [2.45, 2.75) is 63.3 Å². The molecule has 1 N–H and O–H groups in total. The Morgan fingerprint density at radius 2 is 1.84 bits per heavy atom. The number of halogens is 1. The Morgan fingerprint density at radius 1 is 1.26 bits per heavy atom. The molecule has 19 heavy (non-hydrogen) atoms. The quantitative estimate of drug-likeness (QED) is 0.796. The summed E-state index contributed by atoms with van der Waals surface area (Å²) in [6, 6.07) is 0. The van der Waals surface area contributed by atoms with Crippen molar-refractivity contribution in [2.75, 3.05) is 6.54 Å². The van der Waals surface area contributed by atoms with Gasteiger partial charge in [0.05, 0.1) is 5.54 Å². The Morgan fingerprint density at radius 3 is 2.26 bits per heavy atom. The van der Waals surface area contributed by atoms with Gasteiger partial charge >= 0.3 is 12.1 Å². The van der Waals surface area contributed by atoms with E-state index in [1.807, 2.05) is 0 Å². The fourth-order valence-corrected chi connectivity index (χ4v) is 2.61. The second kappa shape index (κ2) is 4.08. The molecule has 1 spiro atoms. The molecule has 108 valence electrons. The summed E-state index contributed by atoms with van der Waals surface area (Å²) < 4.78 is 19.5. The Balaban J connectivity index is 2.10. The number of carbonyl (C=O) groups is 2. The number of rotatable bonds is 1. The predicted molar refractivity (Wildman–Crippen MR) is 65.6 cm³/mol. The second-order valence-electron chi connectivity index (χ2n) is 6.55. The monoisotopic (exact) mass is 273 g/mol. The Bertz CT molecular complexity index is 413. The molecule has 0 aromatic carbocycles. The zero-order valence-electron chi connectivity index (χ0n) is 11.5. The van der Waals surface area contributed by atoms with Crippen molar-refractivity contribution in [3.63, 3.8) is 0 Å². The van der Waals surface area contributed by atoms with E-state index in [1.54, 1.807) is 20.8 Å². The number of ether oxygens (including phenoxy) is 1. The molecule has 1 aliphatic heterocycles. The van der Waals surface area contributed by atoms with E-state index in [9.17, 15) is 14.0 Å². The summed E-state index contributed by atoms with van der Waals surface area (Å²) in [6.07, 6.45) is 0.506. The van der Waals surface area contributed by atoms with Gasteiger partial charge in [-0.05, 0) is 33.6 Å². The first kappa shape index (κ1) is 14.1. The van der Waals surface area contributed by atoms with E-state index in [2.05, 4.69) is 0 Å². The summed E-state index contributed by atoms with van der Waals surface area (Å²) in [7, 11) is 0. The lowest BCUT2D eigenvalue weighted by molar-refractivity contribution is -0.156.